The van der Waals surface area contributed by atoms with Crippen molar-refractivity contribution in [2.45, 2.75) is 57.3 Å². The second kappa shape index (κ2) is 6.74. The highest BCUT2D eigenvalue weighted by Crippen LogP contribution is 2.62. The topological polar surface area (TPSA) is 64.7 Å². The summed E-state index contributed by atoms with van der Waals surface area (Å²) in [6.07, 6.45) is 5.89. The fourth-order valence-electron chi connectivity index (χ4n) is 6.52. The highest BCUT2D eigenvalue weighted by Gasteiger charge is 2.65. The van der Waals surface area contributed by atoms with E-state index in [1.165, 1.54) is 24.8 Å². The summed E-state index contributed by atoms with van der Waals surface area (Å²) >= 11 is 0. The summed E-state index contributed by atoms with van der Waals surface area (Å²) in [6, 6.07) is 8.10. The van der Waals surface area contributed by atoms with E-state index in [1.54, 1.807) is 7.11 Å². The van der Waals surface area contributed by atoms with Crippen LogP contribution in [0, 0.1) is 23.2 Å². The van der Waals surface area contributed by atoms with E-state index < -0.39 is 0 Å². The molecule has 5 heteroatoms. The Morgan fingerprint density at radius 3 is 2.89 bits per heavy atom. The molecule has 0 bridgehead atoms. The van der Waals surface area contributed by atoms with Gasteiger partial charge in [0.2, 0.25) is 0 Å². The van der Waals surface area contributed by atoms with E-state index >= 15 is 0 Å². The Labute approximate surface area is 167 Å². The van der Waals surface area contributed by atoms with Crippen LogP contribution in [0.4, 0.5) is 0 Å². The van der Waals surface area contributed by atoms with Gasteiger partial charge in [0, 0.05) is 11.5 Å². The lowest BCUT2D eigenvalue weighted by atomic mass is 9.53. The number of carbonyl (C=O) groups is 1. The Bertz CT molecular complexity index is 761. The molecule has 4 aliphatic rings. The Kier molecular flexibility index (Phi) is 4.44. The van der Waals surface area contributed by atoms with Gasteiger partial charge < -0.3 is 19.5 Å². The number of carbonyl (C=O) groups excluding carboxylic acids is 1. The van der Waals surface area contributed by atoms with Crippen LogP contribution in [0.5, 0.6) is 5.75 Å². The van der Waals surface area contributed by atoms with Crippen LogP contribution in [0.15, 0.2) is 24.3 Å². The van der Waals surface area contributed by atoms with Gasteiger partial charge >= 0.3 is 5.97 Å². The van der Waals surface area contributed by atoms with Crippen LogP contribution < -0.4 is 10.1 Å². The number of nitrogens with two attached hydrogens (primary N) is 1. The SMILES string of the molecule is COc1ccccc1C[NH2+]C[C@H]1C(=O)O[C@@H]2C[C@@]3(C)CCC[C@]4(CO4)[C@@H]3C[C@@H]21. The van der Waals surface area contributed by atoms with E-state index in [4.69, 9.17) is 14.2 Å². The molecule has 0 unspecified atom stereocenters. The van der Waals surface area contributed by atoms with Crippen molar-refractivity contribution < 1.29 is 24.3 Å². The molecule has 1 aromatic carbocycles. The molecule has 0 amide bonds. The maximum absolute atomic E-state index is 12.7. The van der Waals surface area contributed by atoms with Crippen LogP contribution in [0.25, 0.3) is 0 Å². The van der Waals surface area contributed by atoms with Crippen molar-refractivity contribution in [3.05, 3.63) is 29.8 Å². The third-order valence-corrected chi connectivity index (χ3v) is 8.06. The lowest BCUT2D eigenvalue weighted by molar-refractivity contribution is -0.675. The van der Waals surface area contributed by atoms with E-state index in [0.717, 1.165) is 38.3 Å². The number of methoxy groups -OCH3 is 1. The molecular weight excluding hydrogens is 354 g/mol. The maximum Gasteiger partial charge on any atom is 0.315 e. The van der Waals surface area contributed by atoms with Crippen molar-refractivity contribution in [3.63, 3.8) is 0 Å². The van der Waals surface area contributed by atoms with Gasteiger partial charge in [-0.15, -0.1) is 0 Å². The zero-order valence-corrected chi connectivity index (χ0v) is 17.0. The van der Waals surface area contributed by atoms with Crippen molar-refractivity contribution >= 4 is 5.97 Å². The molecule has 0 radical (unpaired) electrons. The van der Waals surface area contributed by atoms with Gasteiger partial charge in [-0.3, -0.25) is 4.79 Å². The summed E-state index contributed by atoms with van der Waals surface area (Å²) in [4.78, 5) is 12.7. The highest BCUT2D eigenvalue weighted by molar-refractivity contribution is 5.75. The van der Waals surface area contributed by atoms with Gasteiger partial charge in [-0.1, -0.05) is 19.1 Å². The van der Waals surface area contributed by atoms with Crippen molar-refractivity contribution in [1.29, 1.82) is 0 Å². The number of ether oxygens (including phenoxy) is 3. The summed E-state index contributed by atoms with van der Waals surface area (Å²) in [5.41, 5.74) is 1.56. The Morgan fingerprint density at radius 1 is 1.29 bits per heavy atom. The molecule has 1 aromatic rings. The van der Waals surface area contributed by atoms with E-state index in [0.29, 0.717) is 11.8 Å². The monoisotopic (exact) mass is 386 g/mol. The first-order valence-corrected chi connectivity index (χ1v) is 10.8. The minimum Gasteiger partial charge on any atom is -0.496 e. The van der Waals surface area contributed by atoms with Crippen LogP contribution in [-0.2, 0) is 20.8 Å². The third-order valence-electron chi connectivity index (χ3n) is 8.06. The van der Waals surface area contributed by atoms with Gasteiger partial charge in [0.25, 0.3) is 0 Å². The number of para-hydroxylation sites is 1. The molecular formula is C23H32NO4+. The van der Waals surface area contributed by atoms with Crippen LogP contribution in [-0.4, -0.2) is 37.9 Å². The molecule has 5 rings (SSSR count). The Hall–Kier alpha value is -1.59. The summed E-state index contributed by atoms with van der Waals surface area (Å²) in [6.45, 7) is 4.93. The second-order valence-corrected chi connectivity index (χ2v) is 9.64. The molecule has 2 heterocycles. The predicted molar refractivity (Wildman–Crippen MR) is 104 cm³/mol. The number of fused-ring (bicyclic) bond motifs is 3. The number of quaternary nitrogens is 1. The van der Waals surface area contributed by atoms with Gasteiger partial charge in [-0.05, 0) is 55.6 Å². The molecule has 2 aliphatic carbocycles. The van der Waals surface area contributed by atoms with Gasteiger partial charge in [0.15, 0.2) is 0 Å². The summed E-state index contributed by atoms with van der Waals surface area (Å²) in [5.74, 6) is 1.86. The van der Waals surface area contributed by atoms with Gasteiger partial charge in [-0.25, -0.2) is 0 Å². The molecule has 0 aromatic heterocycles. The summed E-state index contributed by atoms with van der Waals surface area (Å²) < 4.78 is 17.4. The lowest BCUT2D eigenvalue weighted by Crippen LogP contribution is -2.84. The molecule has 1 spiro atoms. The first kappa shape index (κ1) is 18.4. The molecule has 2 aliphatic heterocycles. The quantitative estimate of drug-likeness (QED) is 0.623. The van der Waals surface area contributed by atoms with Crippen LogP contribution in [0.2, 0.25) is 0 Å². The average Bonchev–Trinajstić information content (AvgIpc) is 3.38. The largest absolute Gasteiger partial charge is 0.496 e. The zero-order chi connectivity index (χ0) is 19.4. The number of hydrogen-bond donors (Lipinski definition) is 1. The zero-order valence-electron chi connectivity index (χ0n) is 17.0. The van der Waals surface area contributed by atoms with E-state index in [2.05, 4.69) is 18.3 Å². The fourth-order valence-corrected chi connectivity index (χ4v) is 6.52. The molecule has 2 saturated heterocycles. The van der Waals surface area contributed by atoms with Crippen molar-refractivity contribution in [2.75, 3.05) is 20.3 Å². The summed E-state index contributed by atoms with van der Waals surface area (Å²) in [7, 11) is 1.71. The number of rotatable bonds is 5. The van der Waals surface area contributed by atoms with Gasteiger partial charge in [-0.2, -0.15) is 0 Å². The smallest absolute Gasteiger partial charge is 0.315 e. The van der Waals surface area contributed by atoms with Crippen molar-refractivity contribution in [3.8, 4) is 5.75 Å². The summed E-state index contributed by atoms with van der Waals surface area (Å²) in [5, 5.41) is 2.24. The van der Waals surface area contributed by atoms with E-state index in [9.17, 15) is 4.79 Å². The van der Waals surface area contributed by atoms with Gasteiger partial charge in [0.05, 0.1) is 25.9 Å². The molecule has 28 heavy (non-hydrogen) atoms. The van der Waals surface area contributed by atoms with E-state index in [-0.39, 0.29) is 29.0 Å². The second-order valence-electron chi connectivity index (χ2n) is 9.64. The standard InChI is InChI=1S/C23H31NO4/c1-22-8-5-9-23(14-27-23)20(22)10-16-17(21(25)28-19(16)11-22)13-24-12-15-6-3-4-7-18(15)26-2/h3-4,6-7,16-17,19-20,24H,5,8-14H2,1-2H3/p+1/t16-,17-,19-,20-,22-,23+/m1/s1. The van der Waals surface area contributed by atoms with Crippen molar-refractivity contribution in [2.24, 2.45) is 23.2 Å². The minimum absolute atomic E-state index is 0.00184. The number of epoxide rings is 1. The number of esters is 1. The first-order chi connectivity index (χ1) is 13.5. The van der Waals surface area contributed by atoms with Crippen LogP contribution in [0.1, 0.15) is 44.6 Å². The predicted octanol–water partition coefficient (Wildman–Crippen LogP) is 2.29. The minimum atomic E-state index is 0.00184. The first-order valence-electron chi connectivity index (χ1n) is 10.8. The third kappa shape index (κ3) is 2.94. The van der Waals surface area contributed by atoms with E-state index in [1.807, 2.05) is 18.2 Å². The normalized spacial score (nSPS) is 41.3. The molecule has 5 nitrogen and oxygen atoms in total. The van der Waals surface area contributed by atoms with Gasteiger partial charge in [0.1, 0.15) is 24.3 Å². The number of benzene rings is 1. The van der Waals surface area contributed by atoms with Crippen LogP contribution in [0.3, 0.4) is 0 Å². The Balaban J connectivity index is 1.27. The van der Waals surface area contributed by atoms with Crippen LogP contribution >= 0.6 is 0 Å². The molecule has 2 N–H and O–H groups in total. The lowest BCUT2D eigenvalue weighted by Gasteiger charge is -2.51. The molecule has 6 atom stereocenters. The fraction of sp³-hybridized carbons (Fsp3) is 0.696. The maximum atomic E-state index is 12.7. The Morgan fingerprint density at radius 2 is 2.11 bits per heavy atom. The highest BCUT2D eigenvalue weighted by atomic mass is 16.6. The molecule has 152 valence electrons. The molecule has 2 saturated carbocycles. The average molecular weight is 387 g/mol. The number of hydrogen-bond acceptors (Lipinski definition) is 4. The molecule has 4 fully saturated rings. The van der Waals surface area contributed by atoms with Crippen molar-refractivity contribution in [1.82, 2.24) is 0 Å².